The van der Waals surface area contributed by atoms with Gasteiger partial charge in [0.05, 0.1) is 25.8 Å². The lowest BCUT2D eigenvalue weighted by molar-refractivity contribution is 0.0364. The van der Waals surface area contributed by atoms with Gasteiger partial charge in [0.15, 0.2) is 0 Å². The van der Waals surface area contributed by atoms with Crippen molar-refractivity contribution in [1.29, 1.82) is 0 Å². The third kappa shape index (κ3) is 10.2. The number of benzene rings is 3. The van der Waals surface area contributed by atoms with Gasteiger partial charge < -0.3 is 25.3 Å². The normalized spacial score (nSPS) is 14.0. The number of H-pyrrole nitrogens is 1. The maximum absolute atomic E-state index is 13.7. The predicted molar refractivity (Wildman–Crippen MR) is 178 cm³/mol. The number of carbonyl (C=O) groups is 1. The zero-order valence-corrected chi connectivity index (χ0v) is 26.5. The highest BCUT2D eigenvalue weighted by Crippen LogP contribution is 2.24. The molecule has 1 fully saturated rings. The molecule has 0 aliphatic carbocycles. The molecule has 3 aromatic carbocycles. The molecule has 0 saturated carbocycles. The lowest BCUT2D eigenvalue weighted by Crippen LogP contribution is -2.43. The molecule has 1 aliphatic rings. The van der Waals surface area contributed by atoms with Crippen LogP contribution >= 0.6 is 24.8 Å². The van der Waals surface area contributed by atoms with Gasteiger partial charge in [0.25, 0.3) is 0 Å². The standard InChI is InChI=1S/C33H42N6O2.2ClH/c1-26(30-9-4-7-29-6-2-3-8-31(29)30)37-33(40)39(19-5-18-38-20-22-41-23-21-38)25-28-12-10-27(11-13-28)14-15-34-24-32-35-16-17-36-32;;/h2-4,6-13,16-17,26,34H,5,14-15,18-25H2,1H3,(H,35,36)(H,37,40);2*1H. The van der Waals surface area contributed by atoms with E-state index in [-0.39, 0.29) is 36.9 Å². The van der Waals surface area contributed by atoms with Gasteiger partial charge >= 0.3 is 6.03 Å². The molecule has 0 bridgehead atoms. The van der Waals surface area contributed by atoms with Gasteiger partial charge in [-0.1, -0.05) is 66.7 Å². The van der Waals surface area contributed by atoms with Crippen molar-refractivity contribution in [3.63, 3.8) is 0 Å². The predicted octanol–water partition coefficient (Wildman–Crippen LogP) is 5.73. The molecule has 4 aromatic rings. The maximum atomic E-state index is 13.7. The second-order valence-electron chi connectivity index (χ2n) is 10.7. The van der Waals surface area contributed by atoms with Crippen molar-refractivity contribution in [2.45, 2.75) is 38.9 Å². The topological polar surface area (TPSA) is 85.5 Å². The zero-order chi connectivity index (χ0) is 28.3. The summed E-state index contributed by atoms with van der Waals surface area (Å²) >= 11 is 0. The lowest BCUT2D eigenvalue weighted by atomic mass is 10.00. The van der Waals surface area contributed by atoms with Crippen LogP contribution in [-0.4, -0.2) is 71.7 Å². The Bertz CT molecular complexity index is 1360. The van der Waals surface area contributed by atoms with Crippen molar-refractivity contribution in [2.24, 2.45) is 0 Å². The van der Waals surface area contributed by atoms with Crippen LogP contribution in [0.2, 0.25) is 0 Å². The van der Waals surface area contributed by atoms with E-state index in [1.807, 2.05) is 17.2 Å². The molecule has 1 unspecified atom stereocenters. The van der Waals surface area contributed by atoms with E-state index in [4.69, 9.17) is 4.74 Å². The first-order chi connectivity index (χ1) is 20.2. The highest BCUT2D eigenvalue weighted by Gasteiger charge is 2.19. The molecule has 5 rings (SSSR count). The van der Waals surface area contributed by atoms with Gasteiger partial charge in [0.2, 0.25) is 0 Å². The first kappa shape index (κ1) is 34.4. The number of fused-ring (bicyclic) bond motifs is 1. The van der Waals surface area contributed by atoms with Crippen molar-refractivity contribution in [3.8, 4) is 0 Å². The van der Waals surface area contributed by atoms with E-state index in [9.17, 15) is 4.79 Å². The van der Waals surface area contributed by atoms with Crippen LogP contribution < -0.4 is 10.6 Å². The average Bonchev–Trinajstić information content (AvgIpc) is 3.53. The van der Waals surface area contributed by atoms with Crippen molar-refractivity contribution in [1.82, 2.24) is 30.4 Å². The summed E-state index contributed by atoms with van der Waals surface area (Å²) in [5.74, 6) is 0.946. The lowest BCUT2D eigenvalue weighted by Gasteiger charge is -2.29. The number of amides is 2. The van der Waals surface area contributed by atoms with E-state index in [1.165, 1.54) is 16.3 Å². The minimum absolute atomic E-state index is 0. The number of nitrogens with zero attached hydrogens (tertiary/aromatic N) is 3. The SMILES string of the molecule is CC(NC(=O)N(CCCN1CCOCC1)Cc1ccc(CCNCc2ncc[nH]2)cc1)c1cccc2ccccc12.Cl.Cl. The van der Waals surface area contributed by atoms with E-state index < -0.39 is 0 Å². The Morgan fingerprint density at radius 3 is 2.53 bits per heavy atom. The zero-order valence-electron chi connectivity index (χ0n) is 24.8. The van der Waals surface area contributed by atoms with Gasteiger partial charge in [0.1, 0.15) is 5.82 Å². The molecule has 10 heteroatoms. The van der Waals surface area contributed by atoms with E-state index >= 15 is 0 Å². The third-order valence-corrected chi connectivity index (χ3v) is 7.76. The number of imidazole rings is 1. The van der Waals surface area contributed by atoms with Crippen LogP contribution in [0, 0.1) is 0 Å². The number of rotatable bonds is 13. The summed E-state index contributed by atoms with van der Waals surface area (Å²) in [6.07, 6.45) is 5.47. The van der Waals surface area contributed by atoms with Gasteiger partial charge in [-0.15, -0.1) is 24.8 Å². The largest absolute Gasteiger partial charge is 0.379 e. The van der Waals surface area contributed by atoms with Crippen LogP contribution in [0.25, 0.3) is 10.8 Å². The molecule has 0 spiro atoms. The number of hydrogen-bond donors (Lipinski definition) is 3. The number of aromatic amines is 1. The van der Waals surface area contributed by atoms with Crippen molar-refractivity contribution in [2.75, 3.05) is 45.9 Å². The Kier molecular flexibility index (Phi) is 14.3. The van der Waals surface area contributed by atoms with E-state index in [0.29, 0.717) is 13.1 Å². The maximum Gasteiger partial charge on any atom is 0.318 e. The molecule has 3 N–H and O–H groups in total. The quantitative estimate of drug-likeness (QED) is 0.165. The molecule has 43 heavy (non-hydrogen) atoms. The Labute approximate surface area is 267 Å². The van der Waals surface area contributed by atoms with Crippen molar-refractivity contribution in [3.05, 3.63) is 102 Å². The van der Waals surface area contributed by atoms with Crippen LogP contribution in [0.4, 0.5) is 4.79 Å². The molecular formula is C33H44Cl2N6O2. The van der Waals surface area contributed by atoms with Gasteiger partial charge in [-0.3, -0.25) is 4.90 Å². The number of carbonyl (C=O) groups excluding carboxylic acids is 1. The first-order valence-electron chi connectivity index (χ1n) is 14.8. The van der Waals surface area contributed by atoms with Gasteiger partial charge in [-0.05, 0) is 53.8 Å². The monoisotopic (exact) mass is 626 g/mol. The van der Waals surface area contributed by atoms with Crippen LogP contribution in [0.1, 0.15) is 41.9 Å². The number of morpholine rings is 1. The summed E-state index contributed by atoms with van der Waals surface area (Å²) in [7, 11) is 0. The molecule has 2 heterocycles. The summed E-state index contributed by atoms with van der Waals surface area (Å²) in [6, 6.07) is 23.1. The molecule has 2 amide bonds. The molecular weight excluding hydrogens is 583 g/mol. The number of nitrogens with one attached hydrogen (secondary N) is 3. The van der Waals surface area contributed by atoms with Crippen LogP contribution in [0.15, 0.2) is 79.1 Å². The van der Waals surface area contributed by atoms with E-state index in [0.717, 1.165) is 75.7 Å². The van der Waals surface area contributed by atoms with Crippen LogP contribution in [0.3, 0.4) is 0 Å². The summed E-state index contributed by atoms with van der Waals surface area (Å²) < 4.78 is 5.49. The number of ether oxygens (including phenoxy) is 1. The first-order valence-corrected chi connectivity index (χ1v) is 14.8. The summed E-state index contributed by atoms with van der Waals surface area (Å²) in [5, 5.41) is 9.08. The number of aromatic nitrogens is 2. The molecule has 232 valence electrons. The van der Waals surface area contributed by atoms with E-state index in [1.54, 1.807) is 6.20 Å². The second-order valence-corrected chi connectivity index (χ2v) is 10.7. The fourth-order valence-corrected chi connectivity index (χ4v) is 5.41. The molecule has 0 radical (unpaired) electrons. The number of urea groups is 1. The minimum atomic E-state index is -0.105. The third-order valence-electron chi connectivity index (χ3n) is 7.76. The number of hydrogen-bond acceptors (Lipinski definition) is 5. The van der Waals surface area contributed by atoms with Crippen molar-refractivity contribution >= 4 is 41.6 Å². The molecule has 1 atom stereocenters. The van der Waals surface area contributed by atoms with Gasteiger partial charge in [-0.2, -0.15) is 0 Å². The Balaban J connectivity index is 0.00000253. The second kappa shape index (κ2) is 17.9. The molecule has 1 aliphatic heterocycles. The van der Waals surface area contributed by atoms with Crippen LogP contribution in [-0.2, 0) is 24.2 Å². The Morgan fingerprint density at radius 2 is 1.77 bits per heavy atom. The van der Waals surface area contributed by atoms with Crippen LogP contribution in [0.5, 0.6) is 0 Å². The van der Waals surface area contributed by atoms with Gasteiger partial charge in [0, 0.05) is 45.1 Å². The molecule has 1 saturated heterocycles. The molecule has 1 aromatic heterocycles. The summed E-state index contributed by atoms with van der Waals surface area (Å²) in [4.78, 5) is 25.4. The Morgan fingerprint density at radius 1 is 1.02 bits per heavy atom. The highest BCUT2D eigenvalue weighted by atomic mass is 35.5. The van der Waals surface area contributed by atoms with Crippen molar-refractivity contribution < 1.29 is 9.53 Å². The number of halogens is 2. The minimum Gasteiger partial charge on any atom is -0.379 e. The summed E-state index contributed by atoms with van der Waals surface area (Å²) in [6.45, 7) is 9.42. The highest BCUT2D eigenvalue weighted by molar-refractivity contribution is 5.87. The fraction of sp³-hybridized carbons (Fsp3) is 0.394. The van der Waals surface area contributed by atoms with Gasteiger partial charge in [-0.25, -0.2) is 9.78 Å². The smallest absolute Gasteiger partial charge is 0.318 e. The fourth-order valence-electron chi connectivity index (χ4n) is 5.41. The van der Waals surface area contributed by atoms with E-state index in [2.05, 4.69) is 93.1 Å². The Hall–Kier alpha value is -3.14. The summed E-state index contributed by atoms with van der Waals surface area (Å²) in [5.41, 5.74) is 3.54. The molecule has 8 nitrogen and oxygen atoms in total. The average molecular weight is 628 g/mol.